The van der Waals surface area contributed by atoms with E-state index in [2.05, 4.69) is 10.6 Å². The first kappa shape index (κ1) is 23.4. The van der Waals surface area contributed by atoms with Crippen molar-refractivity contribution in [3.8, 4) is 11.5 Å². The number of benzene rings is 2. The molecule has 1 aliphatic carbocycles. The van der Waals surface area contributed by atoms with Crippen LogP contribution in [-0.2, 0) is 16.0 Å². The van der Waals surface area contributed by atoms with Crippen LogP contribution in [0.15, 0.2) is 36.4 Å². The van der Waals surface area contributed by atoms with Gasteiger partial charge in [-0.2, -0.15) is 13.2 Å². The number of aryl methyl sites for hydroxylation is 2. The number of nitrogens with one attached hydrogen (secondary N) is 2. The van der Waals surface area contributed by atoms with Crippen molar-refractivity contribution < 1.29 is 32.2 Å². The van der Waals surface area contributed by atoms with Crippen LogP contribution in [0.5, 0.6) is 11.5 Å². The van der Waals surface area contributed by atoms with E-state index in [1.165, 1.54) is 13.2 Å². The third-order valence-corrected chi connectivity index (χ3v) is 4.99. The molecule has 3 rings (SSSR count). The molecule has 2 aromatic carbocycles. The Bertz CT molecular complexity index is 988. The molecule has 0 heterocycles. The van der Waals surface area contributed by atoms with Crippen LogP contribution in [0.25, 0.3) is 0 Å². The maximum atomic E-state index is 12.4. The monoisotopic (exact) mass is 450 g/mol. The molecule has 32 heavy (non-hydrogen) atoms. The number of alkyl halides is 3. The first-order valence-corrected chi connectivity index (χ1v) is 10.2. The van der Waals surface area contributed by atoms with E-state index in [1.54, 1.807) is 24.3 Å². The van der Waals surface area contributed by atoms with Gasteiger partial charge in [-0.1, -0.05) is 12.1 Å². The van der Waals surface area contributed by atoms with E-state index in [1.807, 2.05) is 13.0 Å². The van der Waals surface area contributed by atoms with Crippen molar-refractivity contribution in [2.45, 2.75) is 38.8 Å². The number of methoxy groups -OCH3 is 1. The minimum Gasteiger partial charge on any atom is -0.493 e. The summed E-state index contributed by atoms with van der Waals surface area (Å²) in [5.41, 5.74) is 2.81. The predicted molar refractivity (Wildman–Crippen MR) is 114 cm³/mol. The van der Waals surface area contributed by atoms with Crippen molar-refractivity contribution in [2.75, 3.05) is 24.4 Å². The van der Waals surface area contributed by atoms with E-state index in [0.29, 0.717) is 17.8 Å². The number of hydrogen-bond donors (Lipinski definition) is 2. The van der Waals surface area contributed by atoms with E-state index < -0.39 is 12.8 Å². The molecule has 9 heteroatoms. The number of ether oxygens (including phenoxy) is 2. The molecule has 0 aromatic heterocycles. The molecular weight excluding hydrogens is 425 g/mol. The minimum absolute atomic E-state index is 0.0114. The molecule has 0 aliphatic heterocycles. The van der Waals surface area contributed by atoms with Gasteiger partial charge in [0.15, 0.2) is 18.1 Å². The maximum Gasteiger partial charge on any atom is 0.422 e. The summed E-state index contributed by atoms with van der Waals surface area (Å²) in [6.45, 7) is 0.442. The molecule has 2 aromatic rings. The molecule has 0 unspecified atom stereocenters. The highest BCUT2D eigenvalue weighted by Gasteiger charge is 2.30. The highest BCUT2D eigenvalue weighted by Crippen LogP contribution is 2.31. The Morgan fingerprint density at radius 1 is 1.06 bits per heavy atom. The Labute approximate surface area is 184 Å². The molecule has 6 nitrogen and oxygen atoms in total. The molecular formula is C23H25F3N2O4. The van der Waals surface area contributed by atoms with Crippen LogP contribution in [0.4, 0.5) is 24.5 Å². The Hall–Kier alpha value is -3.23. The van der Waals surface area contributed by atoms with Gasteiger partial charge in [0, 0.05) is 23.7 Å². The molecule has 0 radical (unpaired) electrons. The lowest BCUT2D eigenvalue weighted by Gasteiger charge is -2.14. The highest BCUT2D eigenvalue weighted by atomic mass is 19.4. The summed E-state index contributed by atoms with van der Waals surface area (Å²) in [6, 6.07) is 9.89. The van der Waals surface area contributed by atoms with E-state index >= 15 is 0 Å². The van der Waals surface area contributed by atoms with Crippen LogP contribution in [0.1, 0.15) is 30.4 Å². The molecule has 1 fully saturated rings. The van der Waals surface area contributed by atoms with Crippen molar-refractivity contribution in [1.82, 2.24) is 0 Å². The smallest absolute Gasteiger partial charge is 0.422 e. The molecule has 0 spiro atoms. The van der Waals surface area contributed by atoms with Crippen molar-refractivity contribution in [3.63, 3.8) is 0 Å². The lowest BCUT2D eigenvalue weighted by molar-refractivity contribution is -0.153. The van der Waals surface area contributed by atoms with E-state index in [0.717, 1.165) is 24.0 Å². The molecule has 0 saturated heterocycles. The van der Waals surface area contributed by atoms with Crippen LogP contribution >= 0.6 is 0 Å². The number of amides is 2. The summed E-state index contributed by atoms with van der Waals surface area (Å²) >= 11 is 0. The van der Waals surface area contributed by atoms with Crippen LogP contribution < -0.4 is 20.1 Å². The van der Waals surface area contributed by atoms with Gasteiger partial charge >= 0.3 is 6.18 Å². The largest absolute Gasteiger partial charge is 0.493 e. The summed E-state index contributed by atoms with van der Waals surface area (Å²) in [5, 5.41) is 5.70. The van der Waals surface area contributed by atoms with Gasteiger partial charge in [-0.25, -0.2) is 0 Å². The molecule has 0 bridgehead atoms. The van der Waals surface area contributed by atoms with Crippen molar-refractivity contribution >= 4 is 23.2 Å². The van der Waals surface area contributed by atoms with Gasteiger partial charge in [0.1, 0.15) is 0 Å². The fourth-order valence-corrected chi connectivity index (χ4v) is 3.04. The number of rotatable bonds is 9. The van der Waals surface area contributed by atoms with E-state index in [-0.39, 0.29) is 35.7 Å². The van der Waals surface area contributed by atoms with Gasteiger partial charge in [-0.05, 0) is 61.6 Å². The van der Waals surface area contributed by atoms with Crippen molar-refractivity contribution in [3.05, 3.63) is 47.5 Å². The van der Waals surface area contributed by atoms with Gasteiger partial charge in [-0.15, -0.1) is 0 Å². The van der Waals surface area contributed by atoms with Crippen LogP contribution in [-0.4, -0.2) is 31.7 Å². The van der Waals surface area contributed by atoms with Gasteiger partial charge in [0.25, 0.3) is 0 Å². The summed E-state index contributed by atoms with van der Waals surface area (Å²) in [5.74, 6) is -0.00437. The summed E-state index contributed by atoms with van der Waals surface area (Å²) in [4.78, 5) is 24.4. The van der Waals surface area contributed by atoms with Crippen LogP contribution in [0, 0.1) is 12.8 Å². The van der Waals surface area contributed by atoms with Crippen molar-refractivity contribution in [2.24, 2.45) is 5.92 Å². The van der Waals surface area contributed by atoms with Gasteiger partial charge in [-0.3, -0.25) is 9.59 Å². The summed E-state index contributed by atoms with van der Waals surface area (Å²) < 4.78 is 47.0. The average molecular weight is 450 g/mol. The molecule has 2 amide bonds. The zero-order valence-corrected chi connectivity index (χ0v) is 17.8. The lowest BCUT2D eigenvalue weighted by Crippen LogP contribution is -2.19. The molecule has 0 atom stereocenters. The quantitative estimate of drug-likeness (QED) is 0.572. The predicted octanol–water partition coefficient (Wildman–Crippen LogP) is 4.86. The lowest BCUT2D eigenvalue weighted by atomic mass is 10.1. The second-order valence-electron chi connectivity index (χ2n) is 7.73. The van der Waals surface area contributed by atoms with Gasteiger partial charge in [0.05, 0.1) is 7.11 Å². The first-order valence-electron chi connectivity index (χ1n) is 10.2. The van der Waals surface area contributed by atoms with E-state index in [9.17, 15) is 22.8 Å². The average Bonchev–Trinajstić information content (AvgIpc) is 3.58. The van der Waals surface area contributed by atoms with Crippen LogP contribution in [0.3, 0.4) is 0 Å². The number of carbonyl (C=O) groups is 2. The Morgan fingerprint density at radius 2 is 1.81 bits per heavy atom. The molecule has 1 aliphatic rings. The van der Waals surface area contributed by atoms with Crippen LogP contribution in [0.2, 0.25) is 0 Å². The standard InChI is InChI=1S/C23H25F3N2O4/c1-14-3-8-17(27-22(30)16-6-7-16)12-18(14)28-21(29)10-5-15-4-9-19(20(11-15)31-2)32-13-23(24,25)26/h3-4,8-9,11-12,16H,5-7,10,13H2,1-2H3,(H,27,30)(H,28,29). The Kier molecular flexibility index (Phi) is 7.27. The SMILES string of the molecule is COc1cc(CCC(=O)Nc2cc(NC(=O)C3CC3)ccc2C)ccc1OCC(F)(F)F. The zero-order chi connectivity index (χ0) is 23.3. The van der Waals surface area contributed by atoms with Gasteiger partial charge in [0.2, 0.25) is 11.8 Å². The second-order valence-corrected chi connectivity index (χ2v) is 7.73. The van der Waals surface area contributed by atoms with E-state index in [4.69, 9.17) is 9.47 Å². The Morgan fingerprint density at radius 3 is 2.47 bits per heavy atom. The second kappa shape index (κ2) is 9.93. The summed E-state index contributed by atoms with van der Waals surface area (Å²) in [7, 11) is 1.34. The number of anilines is 2. The number of halogens is 3. The normalized spacial score (nSPS) is 13.4. The highest BCUT2D eigenvalue weighted by molar-refractivity contribution is 5.96. The fraction of sp³-hybridized carbons (Fsp3) is 0.391. The summed E-state index contributed by atoms with van der Waals surface area (Å²) in [6.07, 6.45) is -2.12. The topological polar surface area (TPSA) is 76.7 Å². The van der Waals surface area contributed by atoms with Crippen molar-refractivity contribution in [1.29, 1.82) is 0 Å². The maximum absolute atomic E-state index is 12.4. The molecule has 172 valence electrons. The third kappa shape index (κ3) is 6.90. The number of hydrogen-bond acceptors (Lipinski definition) is 4. The Balaban J connectivity index is 1.56. The zero-order valence-electron chi connectivity index (χ0n) is 17.8. The fourth-order valence-electron chi connectivity index (χ4n) is 3.04. The minimum atomic E-state index is -4.45. The molecule has 1 saturated carbocycles. The number of carbonyl (C=O) groups excluding carboxylic acids is 2. The third-order valence-electron chi connectivity index (χ3n) is 4.99. The molecule has 2 N–H and O–H groups in total. The first-order chi connectivity index (χ1) is 15.1. The van der Waals surface area contributed by atoms with Gasteiger partial charge < -0.3 is 20.1 Å².